The van der Waals surface area contributed by atoms with Crippen LogP contribution in [0.3, 0.4) is 0 Å². The molecule has 0 saturated carbocycles. The molecule has 146 valence electrons. The summed E-state index contributed by atoms with van der Waals surface area (Å²) < 4.78 is 40.1. The summed E-state index contributed by atoms with van der Waals surface area (Å²) in [4.78, 5) is 13.8. The zero-order chi connectivity index (χ0) is 19.4. The predicted molar refractivity (Wildman–Crippen MR) is 101 cm³/mol. The highest BCUT2D eigenvalue weighted by atomic mass is 35.5. The zero-order valence-corrected chi connectivity index (χ0v) is 16.6. The summed E-state index contributed by atoms with van der Waals surface area (Å²) in [5, 5.41) is 2.62. The number of piperazine rings is 1. The van der Waals surface area contributed by atoms with Gasteiger partial charge in [-0.05, 0) is 26.0 Å². The van der Waals surface area contributed by atoms with Gasteiger partial charge in [-0.25, -0.2) is 12.8 Å². The molecule has 0 unspecified atom stereocenters. The van der Waals surface area contributed by atoms with Crippen LogP contribution in [0.15, 0.2) is 24.3 Å². The molecular weight excluding hydrogens is 381 g/mol. The van der Waals surface area contributed by atoms with Crippen molar-refractivity contribution in [3.8, 4) is 0 Å². The molecule has 1 amide bonds. The van der Waals surface area contributed by atoms with Gasteiger partial charge in [-0.2, -0.15) is 4.31 Å². The Hall–Kier alpha value is -1.38. The number of benzene rings is 1. The lowest BCUT2D eigenvalue weighted by Crippen LogP contribution is -2.50. The lowest BCUT2D eigenvalue weighted by atomic mass is 9.95. The number of hydrogen-bond donors (Lipinski definition) is 1. The van der Waals surface area contributed by atoms with Crippen LogP contribution in [-0.2, 0) is 14.8 Å². The lowest BCUT2D eigenvalue weighted by Gasteiger charge is -2.35. The molecular formula is C17H25ClFN3O3S. The molecule has 0 aromatic heterocycles. The van der Waals surface area contributed by atoms with E-state index < -0.39 is 15.4 Å². The van der Waals surface area contributed by atoms with Crippen LogP contribution >= 0.6 is 11.6 Å². The summed E-state index contributed by atoms with van der Waals surface area (Å²) in [7, 11) is -3.48. The van der Waals surface area contributed by atoms with Crippen molar-refractivity contribution in [1.82, 2.24) is 9.62 Å². The van der Waals surface area contributed by atoms with Crippen LogP contribution in [0.1, 0.15) is 13.8 Å². The number of carbonyl (C=O) groups excluding carboxylic acids is 1. The fraction of sp³-hybridized carbons (Fsp3) is 0.588. The maximum Gasteiger partial charge on any atom is 0.226 e. The highest BCUT2D eigenvalue weighted by molar-refractivity contribution is 7.89. The average Bonchev–Trinajstić information content (AvgIpc) is 2.62. The number of carbonyl (C=O) groups is 1. The SMILES string of the molecule is CC(C)(CCl)C(=O)NCCS(=O)(=O)N1CCN(c2ccccc2F)CC1. The number of anilines is 1. The fourth-order valence-electron chi connectivity index (χ4n) is 2.64. The molecule has 1 N–H and O–H groups in total. The van der Waals surface area contributed by atoms with Crippen molar-refractivity contribution in [1.29, 1.82) is 0 Å². The summed E-state index contributed by atoms with van der Waals surface area (Å²) in [6.07, 6.45) is 0. The van der Waals surface area contributed by atoms with Gasteiger partial charge in [0.15, 0.2) is 0 Å². The lowest BCUT2D eigenvalue weighted by molar-refractivity contribution is -0.128. The number of halogens is 2. The molecule has 0 atom stereocenters. The molecule has 1 aromatic rings. The minimum atomic E-state index is -3.48. The molecule has 1 heterocycles. The van der Waals surface area contributed by atoms with E-state index in [1.165, 1.54) is 10.4 Å². The van der Waals surface area contributed by atoms with Gasteiger partial charge in [0, 0.05) is 38.6 Å². The fourth-order valence-corrected chi connectivity index (χ4v) is 4.10. The van der Waals surface area contributed by atoms with E-state index in [2.05, 4.69) is 5.32 Å². The molecule has 0 aliphatic carbocycles. The molecule has 1 saturated heterocycles. The largest absolute Gasteiger partial charge is 0.367 e. The second-order valence-corrected chi connectivity index (χ2v) is 9.28. The standard InChI is InChI=1S/C17H25ClFN3O3S/c1-17(2,13-18)16(23)20-7-12-26(24,25)22-10-8-21(9-11-22)15-6-4-3-5-14(15)19/h3-6H,7-13H2,1-2H3,(H,20,23). The Morgan fingerprint density at radius 2 is 1.85 bits per heavy atom. The van der Waals surface area contributed by atoms with Gasteiger partial charge in [0.25, 0.3) is 0 Å². The number of rotatable bonds is 7. The molecule has 0 radical (unpaired) electrons. The number of para-hydroxylation sites is 1. The molecule has 26 heavy (non-hydrogen) atoms. The minimum absolute atomic E-state index is 0.0367. The van der Waals surface area contributed by atoms with E-state index in [0.29, 0.717) is 18.8 Å². The van der Waals surface area contributed by atoms with Crippen molar-refractivity contribution in [3.05, 3.63) is 30.1 Å². The van der Waals surface area contributed by atoms with E-state index in [1.807, 2.05) is 4.90 Å². The first kappa shape index (κ1) is 20.9. The number of sulfonamides is 1. The third-order valence-corrected chi connectivity index (χ3v) is 6.96. The van der Waals surface area contributed by atoms with E-state index in [0.717, 1.165) is 0 Å². The Balaban J connectivity index is 1.86. The summed E-state index contributed by atoms with van der Waals surface area (Å²) in [5.41, 5.74) is -0.253. The van der Waals surface area contributed by atoms with Gasteiger partial charge >= 0.3 is 0 Å². The van der Waals surface area contributed by atoms with Crippen LogP contribution in [0.2, 0.25) is 0 Å². The normalized spacial score (nSPS) is 16.5. The van der Waals surface area contributed by atoms with Crippen LogP contribution in [0.4, 0.5) is 10.1 Å². The molecule has 2 rings (SSSR count). The summed E-state index contributed by atoms with van der Waals surface area (Å²) in [5.74, 6) is -0.596. The first-order valence-corrected chi connectivity index (χ1v) is 10.6. The Kier molecular flexibility index (Phi) is 6.87. The van der Waals surface area contributed by atoms with E-state index in [4.69, 9.17) is 11.6 Å². The average molecular weight is 406 g/mol. The second kappa shape index (κ2) is 8.54. The molecule has 0 spiro atoms. The monoisotopic (exact) mass is 405 g/mol. The van der Waals surface area contributed by atoms with Crippen molar-refractivity contribution in [2.24, 2.45) is 5.41 Å². The zero-order valence-electron chi connectivity index (χ0n) is 15.0. The highest BCUT2D eigenvalue weighted by Crippen LogP contribution is 2.21. The van der Waals surface area contributed by atoms with E-state index in [-0.39, 0.29) is 43.0 Å². The number of nitrogens with one attached hydrogen (secondary N) is 1. The summed E-state index contributed by atoms with van der Waals surface area (Å²) in [6.45, 7) is 4.86. The van der Waals surface area contributed by atoms with Crippen LogP contribution < -0.4 is 10.2 Å². The molecule has 1 aromatic carbocycles. The van der Waals surface area contributed by atoms with Gasteiger partial charge in [-0.3, -0.25) is 4.79 Å². The maximum atomic E-state index is 13.8. The van der Waals surface area contributed by atoms with Gasteiger partial charge in [0.1, 0.15) is 5.82 Å². The molecule has 9 heteroatoms. The van der Waals surface area contributed by atoms with Crippen molar-refractivity contribution >= 4 is 33.2 Å². The van der Waals surface area contributed by atoms with Gasteiger partial charge in [0.05, 0.1) is 16.9 Å². The third kappa shape index (κ3) is 5.08. The van der Waals surface area contributed by atoms with Crippen LogP contribution in [0, 0.1) is 11.2 Å². The molecule has 1 fully saturated rings. The van der Waals surface area contributed by atoms with Crippen molar-refractivity contribution in [3.63, 3.8) is 0 Å². The topological polar surface area (TPSA) is 69.7 Å². The van der Waals surface area contributed by atoms with Crippen LogP contribution in [0.25, 0.3) is 0 Å². The van der Waals surface area contributed by atoms with Crippen LogP contribution in [-0.4, -0.2) is 63.0 Å². The Morgan fingerprint density at radius 1 is 1.23 bits per heavy atom. The Bertz CT molecular complexity index is 735. The third-order valence-electron chi connectivity index (χ3n) is 4.42. The summed E-state index contributed by atoms with van der Waals surface area (Å²) in [6, 6.07) is 6.46. The number of nitrogens with zero attached hydrogens (tertiary/aromatic N) is 2. The van der Waals surface area contributed by atoms with Crippen LogP contribution in [0.5, 0.6) is 0 Å². The second-order valence-electron chi connectivity index (χ2n) is 6.93. The minimum Gasteiger partial charge on any atom is -0.367 e. The van der Waals surface area contributed by atoms with E-state index in [9.17, 15) is 17.6 Å². The Morgan fingerprint density at radius 3 is 2.42 bits per heavy atom. The predicted octanol–water partition coefficient (Wildman–Crippen LogP) is 1.66. The summed E-state index contributed by atoms with van der Waals surface area (Å²) >= 11 is 5.74. The Labute approximate surface area is 159 Å². The highest BCUT2D eigenvalue weighted by Gasteiger charge is 2.29. The van der Waals surface area contributed by atoms with Gasteiger partial charge in [-0.15, -0.1) is 11.6 Å². The molecule has 1 aliphatic rings. The molecule has 1 aliphatic heterocycles. The number of hydrogen-bond acceptors (Lipinski definition) is 4. The van der Waals surface area contributed by atoms with Gasteiger partial charge in [-0.1, -0.05) is 12.1 Å². The molecule has 0 bridgehead atoms. The van der Waals surface area contributed by atoms with Crippen molar-refractivity contribution in [2.75, 3.05) is 49.3 Å². The van der Waals surface area contributed by atoms with Crippen molar-refractivity contribution < 1.29 is 17.6 Å². The maximum absolute atomic E-state index is 13.8. The quantitative estimate of drug-likeness (QED) is 0.700. The first-order valence-electron chi connectivity index (χ1n) is 8.49. The first-order chi connectivity index (χ1) is 12.2. The number of amides is 1. The van der Waals surface area contributed by atoms with E-state index in [1.54, 1.807) is 32.0 Å². The van der Waals surface area contributed by atoms with Crippen molar-refractivity contribution in [2.45, 2.75) is 13.8 Å². The smallest absolute Gasteiger partial charge is 0.226 e. The van der Waals surface area contributed by atoms with E-state index >= 15 is 0 Å². The number of alkyl halides is 1. The van der Waals surface area contributed by atoms with Gasteiger partial charge < -0.3 is 10.2 Å². The molecule has 6 nitrogen and oxygen atoms in total. The van der Waals surface area contributed by atoms with Gasteiger partial charge in [0.2, 0.25) is 15.9 Å².